The molecule has 0 amide bonds. The number of rotatable bonds is 10. The fourth-order valence-electron chi connectivity index (χ4n) is 1.91. The normalized spacial score (nSPS) is 11.9. The van der Waals surface area contributed by atoms with E-state index in [0.29, 0.717) is 0 Å². The SMILES string of the molecule is CCC[CH2][SnH]([CH2]CCC)[CH2]CCC.O=C(O)C(O)S. The molecule has 0 aliphatic rings. The van der Waals surface area contributed by atoms with Gasteiger partial charge in [-0.05, 0) is 0 Å². The Bertz CT molecular complexity index is 182. The maximum atomic E-state index is 9.37. The van der Waals surface area contributed by atoms with Crippen LogP contribution in [-0.4, -0.2) is 41.4 Å². The van der Waals surface area contributed by atoms with Crippen molar-refractivity contribution in [2.75, 3.05) is 0 Å². The molecule has 116 valence electrons. The van der Waals surface area contributed by atoms with E-state index in [1.165, 1.54) is 38.5 Å². The van der Waals surface area contributed by atoms with E-state index in [0.717, 1.165) is 0 Å². The van der Waals surface area contributed by atoms with Crippen LogP contribution in [0.4, 0.5) is 0 Å². The van der Waals surface area contributed by atoms with Gasteiger partial charge in [-0.1, -0.05) is 0 Å². The van der Waals surface area contributed by atoms with Crippen molar-refractivity contribution in [3.8, 4) is 0 Å². The zero-order chi connectivity index (χ0) is 15.1. The first-order valence-corrected chi connectivity index (χ1v) is 15.1. The summed E-state index contributed by atoms with van der Waals surface area (Å²) in [4.78, 5) is 9.37. The molecule has 0 aromatic carbocycles. The average Bonchev–Trinajstić information content (AvgIpc) is 2.38. The minimum Gasteiger partial charge on any atom is -0.479 e. The molecule has 0 aliphatic heterocycles. The van der Waals surface area contributed by atoms with Crippen LogP contribution >= 0.6 is 12.6 Å². The zero-order valence-electron chi connectivity index (χ0n) is 12.8. The van der Waals surface area contributed by atoms with Gasteiger partial charge in [0.2, 0.25) is 0 Å². The summed E-state index contributed by atoms with van der Waals surface area (Å²) in [6, 6.07) is 0. The van der Waals surface area contributed by atoms with Crippen LogP contribution in [0.2, 0.25) is 13.3 Å². The van der Waals surface area contributed by atoms with Crippen molar-refractivity contribution in [3.63, 3.8) is 0 Å². The standard InChI is InChI=1S/3C4H9.C2H4O3S.Sn.H/c3*1-3-4-2;3-1(4)2(5)6;;/h3*1,3-4H2,2H3;2,5-6H,(H,3,4);;. The number of aliphatic carboxylic acids is 1. The number of aliphatic hydroxyl groups excluding tert-OH is 1. The molecule has 0 heterocycles. The quantitative estimate of drug-likeness (QED) is 0.297. The first-order chi connectivity index (χ1) is 8.99. The fourth-order valence-corrected chi connectivity index (χ4v) is 12.8. The Labute approximate surface area is 131 Å². The van der Waals surface area contributed by atoms with Crippen molar-refractivity contribution in [2.45, 2.75) is 78.0 Å². The van der Waals surface area contributed by atoms with Crippen molar-refractivity contribution in [1.29, 1.82) is 0 Å². The third-order valence-corrected chi connectivity index (χ3v) is 13.8. The summed E-state index contributed by atoms with van der Waals surface area (Å²) in [6.07, 6.45) is 8.87. The molecule has 5 heteroatoms. The molecular weight excluding hydrogens is 367 g/mol. The van der Waals surface area contributed by atoms with Gasteiger partial charge in [-0.15, -0.1) is 12.6 Å². The Morgan fingerprint density at radius 3 is 1.42 bits per heavy atom. The van der Waals surface area contributed by atoms with Crippen LogP contribution in [0.25, 0.3) is 0 Å². The Kier molecular flexibility index (Phi) is 19.1. The molecule has 0 radical (unpaired) electrons. The van der Waals surface area contributed by atoms with E-state index in [1.54, 1.807) is 13.3 Å². The van der Waals surface area contributed by atoms with Gasteiger partial charge in [0.25, 0.3) is 0 Å². The average molecular weight is 399 g/mol. The molecule has 1 unspecified atom stereocenters. The number of carboxylic acids is 1. The topological polar surface area (TPSA) is 57.5 Å². The van der Waals surface area contributed by atoms with Crippen LogP contribution in [0.1, 0.15) is 59.3 Å². The van der Waals surface area contributed by atoms with Gasteiger partial charge in [0.1, 0.15) is 0 Å². The van der Waals surface area contributed by atoms with Crippen molar-refractivity contribution in [1.82, 2.24) is 0 Å². The largest absolute Gasteiger partial charge is 0.479 e. The molecule has 0 saturated heterocycles. The van der Waals surface area contributed by atoms with E-state index < -0.39 is 31.2 Å². The summed E-state index contributed by atoms with van der Waals surface area (Å²) in [5.74, 6) is -1.32. The van der Waals surface area contributed by atoms with Crippen LogP contribution < -0.4 is 0 Å². The van der Waals surface area contributed by atoms with Crippen molar-refractivity contribution in [2.24, 2.45) is 0 Å². The molecule has 0 aromatic heterocycles. The number of carbonyl (C=O) groups is 1. The molecular formula is C14H32O3SSn. The van der Waals surface area contributed by atoms with Crippen LogP contribution in [0.5, 0.6) is 0 Å². The number of unbranched alkanes of at least 4 members (excludes halogenated alkanes) is 3. The van der Waals surface area contributed by atoms with E-state index in [4.69, 9.17) is 10.2 Å². The van der Waals surface area contributed by atoms with Gasteiger partial charge in [0.15, 0.2) is 5.44 Å². The van der Waals surface area contributed by atoms with Crippen LogP contribution in [0, 0.1) is 0 Å². The Balaban J connectivity index is 0. The second-order valence-corrected chi connectivity index (χ2v) is 15.4. The minimum absolute atomic E-state index is 0.967. The predicted octanol–water partition coefficient (Wildman–Crippen LogP) is 3.93. The van der Waals surface area contributed by atoms with Crippen molar-refractivity contribution < 1.29 is 15.0 Å². The van der Waals surface area contributed by atoms with Crippen LogP contribution in [0.3, 0.4) is 0 Å². The first-order valence-electron chi connectivity index (χ1n) is 7.58. The van der Waals surface area contributed by atoms with E-state index in [2.05, 4.69) is 33.4 Å². The third-order valence-electron chi connectivity index (χ3n) is 3.12. The number of hydrogen-bond donors (Lipinski definition) is 3. The van der Waals surface area contributed by atoms with Crippen LogP contribution in [0.15, 0.2) is 0 Å². The van der Waals surface area contributed by atoms with E-state index in [9.17, 15) is 4.79 Å². The Hall–Kier alpha value is 0.579. The van der Waals surface area contributed by atoms with Gasteiger partial charge in [-0.3, -0.25) is 0 Å². The molecule has 1 atom stereocenters. The molecule has 0 aromatic rings. The number of hydrogen-bond acceptors (Lipinski definition) is 3. The Morgan fingerprint density at radius 1 is 1.00 bits per heavy atom. The first kappa shape index (κ1) is 21.9. The summed E-state index contributed by atoms with van der Waals surface area (Å²) in [5.41, 5.74) is -1.54. The summed E-state index contributed by atoms with van der Waals surface area (Å²) in [6.45, 7) is 7.01. The number of aliphatic hydroxyl groups is 1. The second kappa shape index (κ2) is 16.6. The van der Waals surface area contributed by atoms with Gasteiger partial charge in [-0.2, -0.15) is 0 Å². The maximum Gasteiger partial charge on any atom is 0.342 e. The molecule has 3 nitrogen and oxygen atoms in total. The molecule has 0 aliphatic carbocycles. The Morgan fingerprint density at radius 2 is 1.26 bits per heavy atom. The third kappa shape index (κ3) is 18.6. The minimum atomic E-state index is -1.54. The second-order valence-electron chi connectivity index (χ2n) is 5.00. The molecule has 0 rings (SSSR count). The fraction of sp³-hybridized carbons (Fsp3) is 0.929. The maximum absolute atomic E-state index is 9.37. The van der Waals surface area contributed by atoms with Crippen LogP contribution in [-0.2, 0) is 4.79 Å². The monoisotopic (exact) mass is 400 g/mol. The van der Waals surface area contributed by atoms with Crippen molar-refractivity contribution in [3.05, 3.63) is 0 Å². The van der Waals surface area contributed by atoms with Gasteiger partial charge in [-0.25, -0.2) is 4.79 Å². The van der Waals surface area contributed by atoms with E-state index in [-0.39, 0.29) is 0 Å². The molecule has 19 heavy (non-hydrogen) atoms. The van der Waals surface area contributed by atoms with Crippen molar-refractivity contribution >= 4 is 38.4 Å². The van der Waals surface area contributed by atoms with Gasteiger partial charge < -0.3 is 10.2 Å². The molecule has 0 spiro atoms. The molecule has 0 bridgehead atoms. The molecule has 0 saturated carbocycles. The summed E-state index contributed by atoms with van der Waals surface area (Å²) >= 11 is 2.18. The number of carboxylic acid groups (broad SMARTS) is 1. The number of thiol groups is 1. The molecule has 2 N–H and O–H groups in total. The van der Waals surface area contributed by atoms with Gasteiger partial charge in [0, 0.05) is 0 Å². The summed E-state index contributed by atoms with van der Waals surface area (Å²) < 4.78 is 5.08. The molecule has 0 fully saturated rings. The predicted molar refractivity (Wildman–Crippen MR) is 88.9 cm³/mol. The van der Waals surface area contributed by atoms with E-state index >= 15 is 0 Å². The van der Waals surface area contributed by atoms with Gasteiger partial charge >= 0.3 is 98.3 Å². The van der Waals surface area contributed by atoms with Gasteiger partial charge in [0.05, 0.1) is 0 Å². The van der Waals surface area contributed by atoms with E-state index in [1.807, 2.05) is 0 Å². The smallest absolute Gasteiger partial charge is 0.342 e. The summed E-state index contributed by atoms with van der Waals surface area (Å²) in [5, 5.41) is 15.6. The zero-order valence-corrected chi connectivity index (χ0v) is 17.0. The summed E-state index contributed by atoms with van der Waals surface area (Å²) in [7, 11) is 0.